The Kier molecular flexibility index (Phi) is 5.64. The van der Waals surface area contributed by atoms with E-state index in [0.29, 0.717) is 31.8 Å². The van der Waals surface area contributed by atoms with Crippen LogP contribution in [0.1, 0.15) is 16.8 Å². The summed E-state index contributed by atoms with van der Waals surface area (Å²) in [7, 11) is 1.61. The molecule has 0 unspecified atom stereocenters. The maximum atomic E-state index is 11.3. The number of hydrogen-bond donors (Lipinski definition) is 2. The first-order chi connectivity index (χ1) is 9.10. The highest BCUT2D eigenvalue weighted by molar-refractivity contribution is 5.99. The third-order valence-corrected chi connectivity index (χ3v) is 2.73. The predicted molar refractivity (Wildman–Crippen MR) is 73.7 cm³/mol. The van der Waals surface area contributed by atoms with Gasteiger partial charge < -0.3 is 21.1 Å². The Bertz CT molecular complexity index is 482. The van der Waals surface area contributed by atoms with E-state index in [2.05, 4.69) is 6.07 Å². The molecule has 6 heteroatoms. The monoisotopic (exact) mass is 262 g/mol. The number of nitriles is 1. The molecule has 102 valence electrons. The van der Waals surface area contributed by atoms with Crippen LogP contribution in [0.2, 0.25) is 0 Å². The van der Waals surface area contributed by atoms with Gasteiger partial charge in [0.1, 0.15) is 0 Å². The van der Waals surface area contributed by atoms with Gasteiger partial charge in [0, 0.05) is 31.6 Å². The number of methoxy groups -OCH3 is 1. The minimum Gasteiger partial charge on any atom is -0.398 e. The zero-order valence-electron chi connectivity index (χ0n) is 10.9. The molecule has 0 bridgehead atoms. The van der Waals surface area contributed by atoms with Crippen LogP contribution in [0.15, 0.2) is 18.2 Å². The van der Waals surface area contributed by atoms with Crippen molar-refractivity contribution in [2.45, 2.75) is 6.42 Å². The van der Waals surface area contributed by atoms with Crippen molar-refractivity contribution in [1.82, 2.24) is 0 Å². The van der Waals surface area contributed by atoms with Gasteiger partial charge in [-0.3, -0.25) is 4.79 Å². The minimum atomic E-state index is -0.564. The van der Waals surface area contributed by atoms with Crippen LogP contribution in [0.3, 0.4) is 0 Å². The average Bonchev–Trinajstić information content (AvgIpc) is 2.39. The third kappa shape index (κ3) is 4.16. The average molecular weight is 262 g/mol. The van der Waals surface area contributed by atoms with E-state index >= 15 is 0 Å². The van der Waals surface area contributed by atoms with E-state index in [1.54, 1.807) is 25.3 Å². The summed E-state index contributed by atoms with van der Waals surface area (Å²) in [6.07, 6.45) is 0.389. The van der Waals surface area contributed by atoms with Crippen molar-refractivity contribution < 1.29 is 9.53 Å². The fourth-order valence-electron chi connectivity index (χ4n) is 1.71. The number of nitrogen functional groups attached to an aromatic ring is 1. The van der Waals surface area contributed by atoms with E-state index in [1.165, 1.54) is 0 Å². The molecule has 0 saturated heterocycles. The van der Waals surface area contributed by atoms with Crippen molar-refractivity contribution >= 4 is 17.3 Å². The van der Waals surface area contributed by atoms with Crippen molar-refractivity contribution in [3.8, 4) is 6.07 Å². The lowest BCUT2D eigenvalue weighted by Gasteiger charge is -2.24. The maximum absolute atomic E-state index is 11.3. The van der Waals surface area contributed by atoms with Crippen molar-refractivity contribution in [2.24, 2.45) is 5.73 Å². The molecule has 1 aromatic carbocycles. The van der Waals surface area contributed by atoms with Gasteiger partial charge >= 0.3 is 0 Å². The number of nitrogens with zero attached hydrogens (tertiary/aromatic N) is 2. The van der Waals surface area contributed by atoms with Crippen LogP contribution in [0, 0.1) is 11.3 Å². The van der Waals surface area contributed by atoms with Crippen LogP contribution in [-0.2, 0) is 4.74 Å². The van der Waals surface area contributed by atoms with Gasteiger partial charge in [-0.05, 0) is 18.2 Å². The molecule has 19 heavy (non-hydrogen) atoms. The number of primary amides is 1. The summed E-state index contributed by atoms with van der Waals surface area (Å²) < 4.78 is 5.03. The van der Waals surface area contributed by atoms with Crippen molar-refractivity contribution in [3.63, 3.8) is 0 Å². The van der Waals surface area contributed by atoms with Gasteiger partial charge in [0.2, 0.25) is 0 Å². The molecule has 0 aromatic heterocycles. The number of ether oxygens (including phenoxy) is 1. The molecule has 1 rings (SSSR count). The molecule has 0 aliphatic rings. The molecule has 0 aliphatic carbocycles. The SMILES string of the molecule is COCCN(CCC#N)c1ccc(N)c(C(N)=O)c1. The molecule has 0 radical (unpaired) electrons. The van der Waals surface area contributed by atoms with Gasteiger partial charge in [0.25, 0.3) is 5.91 Å². The van der Waals surface area contributed by atoms with Gasteiger partial charge in [-0.15, -0.1) is 0 Å². The number of rotatable bonds is 7. The Balaban J connectivity index is 2.97. The Labute approximate surface area is 112 Å². The number of carbonyl (C=O) groups excluding carboxylic acids is 1. The predicted octanol–water partition coefficient (Wildman–Crippen LogP) is 0.734. The first kappa shape index (κ1) is 14.8. The van der Waals surface area contributed by atoms with Crippen LogP contribution in [0.25, 0.3) is 0 Å². The van der Waals surface area contributed by atoms with E-state index in [4.69, 9.17) is 21.5 Å². The molecule has 4 N–H and O–H groups in total. The third-order valence-electron chi connectivity index (χ3n) is 2.73. The molecule has 0 fully saturated rings. The summed E-state index contributed by atoms with van der Waals surface area (Å²) in [5.74, 6) is -0.564. The number of anilines is 2. The maximum Gasteiger partial charge on any atom is 0.250 e. The quantitative estimate of drug-likeness (QED) is 0.705. The Morgan fingerprint density at radius 3 is 2.79 bits per heavy atom. The fraction of sp³-hybridized carbons (Fsp3) is 0.385. The zero-order chi connectivity index (χ0) is 14.3. The van der Waals surface area contributed by atoms with Crippen LogP contribution < -0.4 is 16.4 Å². The smallest absolute Gasteiger partial charge is 0.250 e. The minimum absolute atomic E-state index is 0.289. The number of nitrogens with two attached hydrogens (primary N) is 2. The summed E-state index contributed by atoms with van der Waals surface area (Å²) in [5, 5.41) is 8.67. The van der Waals surface area contributed by atoms with Gasteiger partial charge in [0.15, 0.2) is 0 Å². The molecule has 0 atom stereocenters. The lowest BCUT2D eigenvalue weighted by Crippen LogP contribution is -2.28. The zero-order valence-corrected chi connectivity index (χ0v) is 10.9. The highest BCUT2D eigenvalue weighted by Crippen LogP contribution is 2.21. The summed E-state index contributed by atoms with van der Waals surface area (Å²) in [6.45, 7) is 1.71. The highest BCUT2D eigenvalue weighted by atomic mass is 16.5. The van der Waals surface area contributed by atoms with Crippen molar-refractivity contribution in [3.05, 3.63) is 23.8 Å². The number of benzene rings is 1. The summed E-state index contributed by atoms with van der Waals surface area (Å²) in [4.78, 5) is 13.2. The van der Waals surface area contributed by atoms with Crippen LogP contribution >= 0.6 is 0 Å². The van der Waals surface area contributed by atoms with Gasteiger partial charge in [-0.25, -0.2) is 0 Å². The standard InChI is InChI=1S/C13H18N4O2/c1-19-8-7-17(6-2-5-14)10-3-4-12(15)11(9-10)13(16)18/h3-4,9H,2,6-8,15H2,1H3,(H2,16,18). The highest BCUT2D eigenvalue weighted by Gasteiger charge is 2.11. The molecular weight excluding hydrogens is 244 g/mol. The van der Waals surface area contributed by atoms with Crippen LogP contribution in [0.5, 0.6) is 0 Å². The van der Waals surface area contributed by atoms with Gasteiger partial charge in [-0.2, -0.15) is 5.26 Å². The topological polar surface area (TPSA) is 105 Å². The van der Waals surface area contributed by atoms with E-state index in [9.17, 15) is 4.79 Å². The molecule has 0 heterocycles. The normalized spacial score (nSPS) is 9.89. The van der Waals surface area contributed by atoms with Crippen molar-refractivity contribution in [1.29, 1.82) is 5.26 Å². The summed E-state index contributed by atoms with van der Waals surface area (Å²) >= 11 is 0. The first-order valence-electron chi connectivity index (χ1n) is 5.90. The largest absolute Gasteiger partial charge is 0.398 e. The summed E-state index contributed by atoms with van der Waals surface area (Å²) in [6, 6.07) is 7.18. The molecule has 6 nitrogen and oxygen atoms in total. The van der Waals surface area contributed by atoms with Crippen molar-refractivity contribution in [2.75, 3.05) is 37.4 Å². The number of carbonyl (C=O) groups is 1. The van der Waals surface area contributed by atoms with Crippen LogP contribution in [0.4, 0.5) is 11.4 Å². The van der Waals surface area contributed by atoms with E-state index < -0.39 is 5.91 Å². The molecule has 1 aromatic rings. The second-order valence-electron chi connectivity index (χ2n) is 4.02. The lowest BCUT2D eigenvalue weighted by molar-refractivity contribution is 0.100. The summed E-state index contributed by atoms with van der Waals surface area (Å²) in [5.41, 5.74) is 12.4. The first-order valence-corrected chi connectivity index (χ1v) is 5.90. The van der Waals surface area contributed by atoms with E-state index in [0.717, 1.165) is 5.69 Å². The fourth-order valence-corrected chi connectivity index (χ4v) is 1.71. The molecule has 0 aliphatic heterocycles. The second kappa shape index (κ2) is 7.24. The molecule has 0 spiro atoms. The van der Waals surface area contributed by atoms with Gasteiger partial charge in [-0.1, -0.05) is 0 Å². The number of hydrogen-bond acceptors (Lipinski definition) is 5. The van der Waals surface area contributed by atoms with Crippen LogP contribution in [-0.4, -0.2) is 32.7 Å². The second-order valence-corrected chi connectivity index (χ2v) is 4.02. The Morgan fingerprint density at radius 2 is 2.21 bits per heavy atom. The Hall–Kier alpha value is -2.26. The molecule has 1 amide bonds. The van der Waals surface area contributed by atoms with E-state index in [-0.39, 0.29) is 5.56 Å². The van der Waals surface area contributed by atoms with Gasteiger partial charge in [0.05, 0.1) is 24.7 Å². The lowest BCUT2D eigenvalue weighted by atomic mass is 10.1. The Morgan fingerprint density at radius 1 is 1.47 bits per heavy atom. The molecule has 0 saturated carbocycles. The van der Waals surface area contributed by atoms with E-state index in [1.807, 2.05) is 4.90 Å². The number of amides is 1. The molecular formula is C13H18N4O2.